The van der Waals surface area contributed by atoms with E-state index in [9.17, 15) is 14.0 Å². The summed E-state index contributed by atoms with van der Waals surface area (Å²) < 4.78 is 14.6. The second kappa shape index (κ2) is 5.99. The lowest BCUT2D eigenvalue weighted by Gasteiger charge is -2.05. The van der Waals surface area contributed by atoms with Crippen LogP contribution < -0.4 is 10.9 Å². The molecule has 24 heavy (non-hydrogen) atoms. The van der Waals surface area contributed by atoms with Crippen molar-refractivity contribution in [1.29, 1.82) is 0 Å². The number of nitrogens with one attached hydrogen (secondary N) is 1. The third-order valence-electron chi connectivity index (χ3n) is 3.78. The number of fused-ring (bicyclic) bond motifs is 1. The zero-order chi connectivity index (χ0) is 17.6. The van der Waals surface area contributed by atoms with E-state index in [1.807, 2.05) is 0 Å². The molecule has 0 spiro atoms. The van der Waals surface area contributed by atoms with Gasteiger partial charge < -0.3 is 5.32 Å². The molecular weight excluding hydrogens is 353 g/mol. The van der Waals surface area contributed by atoms with Gasteiger partial charge in [0, 0.05) is 12.7 Å². The molecule has 2 aromatic heterocycles. The molecule has 0 aliphatic heterocycles. The molecule has 0 fully saturated rings. The average molecular weight is 366 g/mol. The minimum absolute atomic E-state index is 0.0768. The Morgan fingerprint density at radius 1 is 1.38 bits per heavy atom. The minimum atomic E-state index is -0.559. The Bertz CT molecular complexity index is 1040. The maximum atomic E-state index is 13.2. The molecule has 1 amide bonds. The number of benzene rings is 1. The monoisotopic (exact) mass is 365 g/mol. The third-order valence-corrected chi connectivity index (χ3v) is 5.25. The Labute approximate surface area is 145 Å². The lowest BCUT2D eigenvalue weighted by atomic mass is 10.2. The number of aromatic nitrogens is 2. The molecule has 0 aliphatic rings. The van der Waals surface area contributed by atoms with E-state index >= 15 is 0 Å². The van der Waals surface area contributed by atoms with Crippen LogP contribution in [0, 0.1) is 19.7 Å². The number of hydrogen-bond acceptors (Lipinski definition) is 4. The molecule has 8 heteroatoms. The number of amides is 1. The fourth-order valence-corrected chi connectivity index (χ4v) is 3.64. The van der Waals surface area contributed by atoms with Crippen LogP contribution in [-0.4, -0.2) is 15.5 Å². The van der Waals surface area contributed by atoms with Crippen molar-refractivity contribution in [2.24, 2.45) is 7.05 Å². The van der Waals surface area contributed by atoms with E-state index < -0.39 is 11.7 Å². The molecule has 124 valence electrons. The second-order valence-electron chi connectivity index (χ2n) is 5.34. The topological polar surface area (TPSA) is 64.0 Å². The Morgan fingerprint density at radius 3 is 2.75 bits per heavy atom. The van der Waals surface area contributed by atoms with Crippen LogP contribution in [0.15, 0.2) is 23.0 Å². The van der Waals surface area contributed by atoms with Crippen LogP contribution in [0.1, 0.15) is 21.1 Å². The van der Waals surface area contributed by atoms with E-state index in [-0.39, 0.29) is 10.6 Å². The third kappa shape index (κ3) is 2.70. The van der Waals surface area contributed by atoms with Crippen molar-refractivity contribution in [1.82, 2.24) is 9.55 Å². The SMILES string of the molecule is Cc1c(C(=O)Nc2ccc(F)c(Cl)c2)sc2nc(C)n(C)c(=O)c12. The number of carbonyl (C=O) groups excluding carboxylic acids is 1. The van der Waals surface area contributed by atoms with Crippen molar-refractivity contribution in [3.05, 3.63) is 55.7 Å². The van der Waals surface area contributed by atoms with E-state index in [0.717, 1.165) is 11.3 Å². The van der Waals surface area contributed by atoms with E-state index in [4.69, 9.17) is 11.6 Å². The number of nitrogens with zero attached hydrogens (tertiary/aromatic N) is 2. The van der Waals surface area contributed by atoms with Gasteiger partial charge in [-0.05, 0) is 37.6 Å². The van der Waals surface area contributed by atoms with Gasteiger partial charge in [0.1, 0.15) is 16.5 Å². The summed E-state index contributed by atoms with van der Waals surface area (Å²) >= 11 is 6.87. The van der Waals surface area contributed by atoms with Crippen LogP contribution in [0.2, 0.25) is 5.02 Å². The first kappa shape index (κ1) is 16.6. The quantitative estimate of drug-likeness (QED) is 0.753. The van der Waals surface area contributed by atoms with E-state index in [1.54, 1.807) is 20.9 Å². The fourth-order valence-electron chi connectivity index (χ4n) is 2.34. The Morgan fingerprint density at radius 2 is 2.08 bits per heavy atom. The summed E-state index contributed by atoms with van der Waals surface area (Å²) in [5, 5.41) is 3.02. The van der Waals surface area contributed by atoms with E-state index in [0.29, 0.717) is 32.2 Å². The first-order valence-electron chi connectivity index (χ1n) is 7.02. The van der Waals surface area contributed by atoms with Gasteiger partial charge >= 0.3 is 0 Å². The summed E-state index contributed by atoms with van der Waals surface area (Å²) in [6.45, 7) is 3.44. The van der Waals surface area contributed by atoms with Gasteiger partial charge in [0.25, 0.3) is 11.5 Å². The maximum Gasteiger partial charge on any atom is 0.266 e. The number of anilines is 1. The van der Waals surface area contributed by atoms with Gasteiger partial charge in [-0.1, -0.05) is 11.6 Å². The largest absolute Gasteiger partial charge is 0.321 e. The highest BCUT2D eigenvalue weighted by molar-refractivity contribution is 7.20. The molecule has 0 bridgehead atoms. The standard InChI is InChI=1S/C16H13ClFN3O2S/c1-7-12-15(19-8(2)21(3)16(12)23)24-13(7)14(22)20-9-4-5-11(18)10(17)6-9/h4-6H,1-3H3,(H,20,22). The first-order chi connectivity index (χ1) is 11.3. The Hall–Kier alpha value is -2.25. The highest BCUT2D eigenvalue weighted by Crippen LogP contribution is 2.28. The number of thiophene rings is 1. The number of rotatable bonds is 2. The van der Waals surface area contributed by atoms with Crippen molar-refractivity contribution in [3.8, 4) is 0 Å². The van der Waals surface area contributed by atoms with Crippen LogP contribution in [0.5, 0.6) is 0 Å². The molecule has 3 aromatic rings. The predicted molar refractivity (Wildman–Crippen MR) is 93.7 cm³/mol. The van der Waals surface area contributed by atoms with Crippen LogP contribution in [-0.2, 0) is 7.05 Å². The lowest BCUT2D eigenvalue weighted by Crippen LogP contribution is -2.20. The highest BCUT2D eigenvalue weighted by atomic mass is 35.5. The molecule has 5 nitrogen and oxygen atoms in total. The lowest BCUT2D eigenvalue weighted by molar-refractivity contribution is 0.103. The van der Waals surface area contributed by atoms with E-state index in [2.05, 4.69) is 10.3 Å². The smallest absolute Gasteiger partial charge is 0.266 e. The average Bonchev–Trinajstić information content (AvgIpc) is 2.85. The summed E-state index contributed by atoms with van der Waals surface area (Å²) in [5.41, 5.74) is 0.768. The highest BCUT2D eigenvalue weighted by Gasteiger charge is 2.20. The molecule has 2 heterocycles. The van der Waals surface area contributed by atoms with Crippen molar-refractivity contribution >= 4 is 44.7 Å². The normalized spacial score (nSPS) is 11.0. The molecule has 0 radical (unpaired) electrons. The van der Waals surface area contributed by atoms with Crippen LogP contribution in [0.25, 0.3) is 10.2 Å². The molecule has 3 rings (SSSR count). The van der Waals surface area contributed by atoms with Crippen molar-refractivity contribution < 1.29 is 9.18 Å². The first-order valence-corrected chi connectivity index (χ1v) is 8.22. The summed E-state index contributed by atoms with van der Waals surface area (Å²) in [7, 11) is 1.64. The van der Waals surface area contributed by atoms with Crippen molar-refractivity contribution in [3.63, 3.8) is 0 Å². The Kier molecular flexibility index (Phi) is 4.15. The molecule has 1 N–H and O–H groups in total. The fraction of sp³-hybridized carbons (Fsp3) is 0.188. The van der Waals surface area contributed by atoms with Gasteiger partial charge in [-0.25, -0.2) is 9.37 Å². The second-order valence-corrected chi connectivity index (χ2v) is 6.75. The number of carbonyl (C=O) groups is 1. The van der Waals surface area contributed by atoms with Crippen LogP contribution in [0.3, 0.4) is 0 Å². The van der Waals surface area contributed by atoms with Gasteiger partial charge in [-0.15, -0.1) is 11.3 Å². The summed E-state index contributed by atoms with van der Waals surface area (Å²) in [6, 6.07) is 3.93. The maximum absolute atomic E-state index is 13.2. The summed E-state index contributed by atoms with van der Waals surface area (Å²) in [4.78, 5) is 30.2. The molecule has 0 atom stereocenters. The molecule has 0 saturated heterocycles. The molecule has 0 saturated carbocycles. The number of hydrogen-bond donors (Lipinski definition) is 1. The molecule has 1 aromatic carbocycles. The van der Waals surface area contributed by atoms with Gasteiger partial charge in [-0.2, -0.15) is 0 Å². The minimum Gasteiger partial charge on any atom is -0.321 e. The predicted octanol–water partition coefficient (Wildman–Crippen LogP) is 3.66. The van der Waals surface area contributed by atoms with Crippen molar-refractivity contribution in [2.45, 2.75) is 13.8 Å². The number of aryl methyl sites for hydroxylation is 2. The number of halogens is 2. The molecule has 0 aliphatic carbocycles. The molecule has 0 unspecified atom stereocenters. The van der Waals surface area contributed by atoms with Crippen LogP contribution >= 0.6 is 22.9 Å². The van der Waals surface area contributed by atoms with Crippen molar-refractivity contribution in [2.75, 3.05) is 5.32 Å². The van der Waals surface area contributed by atoms with Gasteiger partial charge in [0.2, 0.25) is 0 Å². The van der Waals surface area contributed by atoms with Gasteiger partial charge in [0.05, 0.1) is 15.3 Å². The zero-order valence-corrected chi connectivity index (χ0v) is 14.7. The molecular formula is C16H13ClFN3O2S. The van der Waals surface area contributed by atoms with Gasteiger partial charge in [-0.3, -0.25) is 14.2 Å². The van der Waals surface area contributed by atoms with E-state index in [1.165, 1.54) is 22.8 Å². The van der Waals surface area contributed by atoms with Gasteiger partial charge in [0.15, 0.2) is 0 Å². The zero-order valence-electron chi connectivity index (χ0n) is 13.1. The summed E-state index contributed by atoms with van der Waals surface area (Å²) in [6.07, 6.45) is 0. The van der Waals surface area contributed by atoms with Crippen LogP contribution in [0.4, 0.5) is 10.1 Å². The Balaban J connectivity index is 2.04. The summed E-state index contributed by atoms with van der Waals surface area (Å²) in [5.74, 6) is -0.375.